The maximum Gasteiger partial charge on any atom is 0.234 e. The highest BCUT2D eigenvalue weighted by atomic mass is 32.3. The fourth-order valence-electron chi connectivity index (χ4n) is 1.22. The van der Waals surface area contributed by atoms with E-state index in [1.807, 2.05) is 11.3 Å². The summed E-state index contributed by atoms with van der Waals surface area (Å²) in [6.45, 7) is 2.14. The quantitative estimate of drug-likeness (QED) is 0.436. The Balaban J connectivity index is 0.000000221. The van der Waals surface area contributed by atoms with Gasteiger partial charge in [0.25, 0.3) is 0 Å². The maximum atomic E-state index is 8.63. The maximum absolute atomic E-state index is 8.63. The van der Waals surface area contributed by atoms with Crippen molar-refractivity contribution in [2.45, 2.75) is 6.92 Å². The molecule has 0 aliphatic rings. The molecule has 2 aromatic rings. The molecule has 16 heavy (non-hydrogen) atoms. The second-order valence-corrected chi connectivity index (χ2v) is 5.17. The van der Waals surface area contributed by atoms with E-state index < -0.39 is 10.4 Å². The molecule has 2 rings (SSSR count). The Labute approximate surface area is 97.6 Å². The van der Waals surface area contributed by atoms with Gasteiger partial charge in [0.1, 0.15) is 11.7 Å². The van der Waals surface area contributed by atoms with Crippen LogP contribution in [-0.2, 0) is 17.4 Å². The third-order valence-corrected chi connectivity index (χ3v) is 3.09. The van der Waals surface area contributed by atoms with E-state index in [1.54, 1.807) is 0 Å². The lowest BCUT2D eigenvalue weighted by molar-refractivity contribution is -0.646. The molecule has 0 saturated heterocycles. The number of nitrogens with zero attached hydrogens (tertiary/aromatic N) is 1. The molecule has 1 heterocycles. The molecule has 1 N–H and O–H groups in total. The zero-order valence-electron chi connectivity index (χ0n) is 8.75. The van der Waals surface area contributed by atoms with Gasteiger partial charge in [0.2, 0.25) is 20.9 Å². The molecule has 0 aliphatic heterocycles. The van der Waals surface area contributed by atoms with Crippen molar-refractivity contribution in [3.05, 3.63) is 29.3 Å². The van der Waals surface area contributed by atoms with Crippen LogP contribution < -0.4 is 4.57 Å². The van der Waals surface area contributed by atoms with E-state index in [-0.39, 0.29) is 0 Å². The molecule has 0 bridgehead atoms. The van der Waals surface area contributed by atoms with Crippen LogP contribution in [0, 0.1) is 6.92 Å². The Hall–Kier alpha value is -1.02. The fraction of sp³-hybridized carbons (Fsp3) is 0.222. The summed E-state index contributed by atoms with van der Waals surface area (Å²) in [5.41, 5.74) is 1.33. The lowest BCUT2D eigenvalue weighted by atomic mass is 10.3. The molecule has 0 radical (unpaired) electrons. The van der Waals surface area contributed by atoms with Crippen molar-refractivity contribution < 1.29 is 22.1 Å². The van der Waals surface area contributed by atoms with Crippen LogP contribution in [0.3, 0.4) is 0 Å². The van der Waals surface area contributed by atoms with Crippen LogP contribution in [0.15, 0.2) is 24.3 Å². The third kappa shape index (κ3) is 3.86. The van der Waals surface area contributed by atoms with Gasteiger partial charge < -0.3 is 4.55 Å². The van der Waals surface area contributed by atoms with Crippen LogP contribution in [0.4, 0.5) is 0 Å². The third-order valence-electron chi connectivity index (χ3n) is 1.96. The van der Waals surface area contributed by atoms with Crippen molar-refractivity contribution in [3.63, 3.8) is 0 Å². The van der Waals surface area contributed by atoms with Gasteiger partial charge in [-0.2, -0.15) is 4.57 Å². The Bertz CT molecular complexity index is 581. The molecule has 0 unspecified atom stereocenters. The molecule has 7 heteroatoms. The molecular formula is C9H11NO4S2. The Morgan fingerprint density at radius 1 is 1.38 bits per heavy atom. The van der Waals surface area contributed by atoms with Gasteiger partial charge in [0, 0.05) is 13.0 Å². The van der Waals surface area contributed by atoms with Crippen LogP contribution in [0.25, 0.3) is 10.2 Å². The van der Waals surface area contributed by atoms with Gasteiger partial charge in [-0.1, -0.05) is 23.5 Å². The number of fused-ring (bicyclic) bond motifs is 1. The summed E-state index contributed by atoms with van der Waals surface area (Å²) < 4.78 is 36.4. The average molecular weight is 261 g/mol. The highest BCUT2D eigenvalue weighted by Gasteiger charge is 2.10. The molecule has 1 aromatic heterocycles. The topological polar surface area (TPSA) is 81.3 Å². The minimum Gasteiger partial charge on any atom is -0.726 e. The van der Waals surface area contributed by atoms with Gasteiger partial charge in [-0.25, -0.2) is 8.42 Å². The van der Waals surface area contributed by atoms with E-state index in [0.717, 1.165) is 0 Å². The van der Waals surface area contributed by atoms with E-state index in [2.05, 4.69) is 42.8 Å². The summed E-state index contributed by atoms with van der Waals surface area (Å²) in [5.74, 6) is 0. The highest BCUT2D eigenvalue weighted by Crippen LogP contribution is 2.17. The lowest BCUT2D eigenvalue weighted by Crippen LogP contribution is -2.28. The van der Waals surface area contributed by atoms with E-state index in [4.69, 9.17) is 17.5 Å². The van der Waals surface area contributed by atoms with Gasteiger partial charge in [-0.3, -0.25) is 4.55 Å². The van der Waals surface area contributed by atoms with Crippen molar-refractivity contribution in [2.75, 3.05) is 0 Å². The van der Waals surface area contributed by atoms with Gasteiger partial charge in [-0.05, 0) is 6.07 Å². The first-order valence-corrected chi connectivity index (χ1v) is 6.49. The molecule has 0 fully saturated rings. The van der Waals surface area contributed by atoms with E-state index in [0.29, 0.717) is 0 Å². The fourth-order valence-corrected chi connectivity index (χ4v) is 2.23. The molecule has 0 spiro atoms. The summed E-state index contributed by atoms with van der Waals surface area (Å²) >= 11 is 1.84. The number of aromatic nitrogens is 1. The van der Waals surface area contributed by atoms with Crippen molar-refractivity contribution >= 4 is 32.0 Å². The van der Waals surface area contributed by atoms with Gasteiger partial charge in [0.05, 0.1) is 0 Å². The average Bonchev–Trinajstić information content (AvgIpc) is 2.41. The summed E-state index contributed by atoms with van der Waals surface area (Å²) in [6, 6.07) is 8.47. The van der Waals surface area contributed by atoms with E-state index in [1.165, 1.54) is 15.2 Å². The van der Waals surface area contributed by atoms with Crippen LogP contribution in [0.1, 0.15) is 5.01 Å². The van der Waals surface area contributed by atoms with E-state index in [9.17, 15) is 0 Å². The highest BCUT2D eigenvalue weighted by molar-refractivity contribution is 7.79. The summed E-state index contributed by atoms with van der Waals surface area (Å²) in [7, 11) is -2.81. The standard InChI is InChI=1S/C9H10NS.H2O4S/c1-7-10(2)8-5-3-4-6-9(8)11-7;1-5(2,3)4/h3-6H,1-2H3;(H2,1,2,3,4)/q+1;/p-1. The summed E-state index contributed by atoms with van der Waals surface area (Å²) in [6.07, 6.45) is 0. The molecule has 5 nitrogen and oxygen atoms in total. The zero-order valence-corrected chi connectivity index (χ0v) is 10.4. The minimum atomic E-state index is -4.92. The molecule has 0 atom stereocenters. The molecule has 1 aromatic carbocycles. The number of rotatable bonds is 0. The number of benzene rings is 1. The Morgan fingerprint density at radius 3 is 2.38 bits per heavy atom. The Kier molecular flexibility index (Phi) is 3.98. The van der Waals surface area contributed by atoms with Crippen LogP contribution in [-0.4, -0.2) is 17.5 Å². The number of aryl methyl sites for hydroxylation is 2. The predicted molar refractivity (Wildman–Crippen MR) is 60.1 cm³/mol. The minimum absolute atomic E-state index is 1.33. The SMILES string of the molecule is Cc1sc2ccccc2[n+]1C.O=S(=O)([O-])O. The number of hydrogen-bond acceptors (Lipinski definition) is 4. The molecule has 0 amide bonds. The van der Waals surface area contributed by atoms with Crippen LogP contribution in [0.5, 0.6) is 0 Å². The van der Waals surface area contributed by atoms with Crippen LogP contribution in [0.2, 0.25) is 0 Å². The lowest BCUT2D eigenvalue weighted by Gasteiger charge is -1.88. The van der Waals surface area contributed by atoms with Gasteiger partial charge in [-0.15, -0.1) is 0 Å². The van der Waals surface area contributed by atoms with E-state index >= 15 is 0 Å². The van der Waals surface area contributed by atoms with Crippen molar-refractivity contribution in [1.29, 1.82) is 0 Å². The summed E-state index contributed by atoms with van der Waals surface area (Å²) in [4.78, 5) is 0. The Morgan fingerprint density at radius 2 is 1.88 bits per heavy atom. The number of hydrogen-bond donors (Lipinski definition) is 1. The first kappa shape index (κ1) is 13.0. The van der Waals surface area contributed by atoms with Crippen molar-refractivity contribution in [2.24, 2.45) is 7.05 Å². The molecular weight excluding hydrogens is 250 g/mol. The first-order chi connectivity index (χ1) is 7.29. The number of thiazole rings is 1. The molecule has 0 saturated carbocycles. The van der Waals surface area contributed by atoms with Gasteiger partial charge >= 0.3 is 0 Å². The first-order valence-electron chi connectivity index (χ1n) is 4.31. The number of para-hydroxylation sites is 1. The largest absolute Gasteiger partial charge is 0.726 e. The smallest absolute Gasteiger partial charge is 0.234 e. The normalized spacial score (nSPS) is 11.0. The van der Waals surface area contributed by atoms with Crippen LogP contribution >= 0.6 is 11.3 Å². The second-order valence-electron chi connectivity index (χ2n) is 3.08. The monoisotopic (exact) mass is 261 g/mol. The predicted octanol–water partition coefficient (Wildman–Crippen LogP) is 1.04. The second kappa shape index (κ2) is 4.88. The summed E-state index contributed by atoms with van der Waals surface area (Å²) in [5, 5.41) is 1.35. The van der Waals surface area contributed by atoms with Crippen molar-refractivity contribution in [3.8, 4) is 0 Å². The van der Waals surface area contributed by atoms with Gasteiger partial charge in [0.15, 0.2) is 0 Å². The van der Waals surface area contributed by atoms with Crippen molar-refractivity contribution in [1.82, 2.24) is 0 Å². The zero-order chi connectivity index (χ0) is 12.3. The molecule has 0 aliphatic carbocycles. The molecule has 88 valence electrons.